The lowest BCUT2D eigenvalue weighted by Gasteiger charge is -2.25. The van der Waals surface area contributed by atoms with E-state index in [1.54, 1.807) is 4.68 Å². The number of rotatable bonds is 5. The molecule has 152 valence electrons. The third kappa shape index (κ3) is 5.00. The van der Waals surface area contributed by atoms with Gasteiger partial charge in [0.1, 0.15) is 11.6 Å². The first-order chi connectivity index (χ1) is 13.2. The molecule has 3 rings (SSSR count). The van der Waals surface area contributed by atoms with E-state index < -0.39 is 6.36 Å². The molecule has 1 fully saturated rings. The zero-order valence-corrected chi connectivity index (χ0v) is 15.4. The number of halogens is 3. The number of nitrogens with two attached hydrogens (primary N) is 1. The Labute approximate surface area is 160 Å². The van der Waals surface area contributed by atoms with Gasteiger partial charge in [-0.25, -0.2) is 9.67 Å². The van der Waals surface area contributed by atoms with E-state index in [1.807, 2.05) is 0 Å². The second-order valence-corrected chi connectivity index (χ2v) is 6.80. The van der Waals surface area contributed by atoms with Crippen LogP contribution in [0.2, 0.25) is 0 Å². The lowest BCUT2D eigenvalue weighted by atomic mass is 9.86. The molecule has 0 atom stereocenters. The summed E-state index contributed by atoms with van der Waals surface area (Å²) in [5.41, 5.74) is 6.53. The first kappa shape index (κ1) is 20.1. The average Bonchev–Trinajstić information content (AvgIpc) is 3.05. The minimum Gasteiger partial charge on any atom is -0.406 e. The van der Waals surface area contributed by atoms with Crippen LogP contribution in [0, 0.1) is 0 Å². The molecule has 10 heteroatoms. The molecule has 0 aliphatic heterocycles. The zero-order valence-electron chi connectivity index (χ0n) is 15.4. The standard InChI is InChI=1S/C18H22F3N5O2/c1-23-16(27)10-15-24-17(11-2-4-12(22)5-3-11)26(25-15)13-6-8-14(9-7-13)28-18(19,20)21/h6-9,11-12H,2-5,10,22H2,1H3,(H,23,27). The van der Waals surface area contributed by atoms with E-state index in [1.165, 1.54) is 31.3 Å². The van der Waals surface area contributed by atoms with E-state index >= 15 is 0 Å². The van der Waals surface area contributed by atoms with Crippen LogP contribution in [0.5, 0.6) is 5.75 Å². The van der Waals surface area contributed by atoms with Crippen molar-refractivity contribution in [3.63, 3.8) is 0 Å². The lowest BCUT2D eigenvalue weighted by molar-refractivity contribution is -0.274. The number of hydrogen-bond donors (Lipinski definition) is 2. The molecule has 0 saturated heterocycles. The Kier molecular flexibility index (Phi) is 5.87. The number of likely N-dealkylation sites (N-methyl/N-ethyl adjacent to an activating group) is 1. The predicted molar refractivity (Wildman–Crippen MR) is 95.0 cm³/mol. The Balaban J connectivity index is 1.90. The highest BCUT2D eigenvalue weighted by Gasteiger charge is 2.31. The van der Waals surface area contributed by atoms with Crippen molar-refractivity contribution in [2.24, 2.45) is 5.73 Å². The fourth-order valence-electron chi connectivity index (χ4n) is 3.30. The van der Waals surface area contributed by atoms with Gasteiger partial charge in [-0.3, -0.25) is 4.79 Å². The maximum absolute atomic E-state index is 12.4. The van der Waals surface area contributed by atoms with Gasteiger partial charge >= 0.3 is 6.36 Å². The van der Waals surface area contributed by atoms with Gasteiger partial charge in [-0.2, -0.15) is 5.10 Å². The second kappa shape index (κ2) is 8.17. The van der Waals surface area contributed by atoms with Crippen LogP contribution in [0.4, 0.5) is 13.2 Å². The third-order valence-electron chi connectivity index (χ3n) is 4.73. The number of aromatic nitrogens is 3. The van der Waals surface area contributed by atoms with Crippen molar-refractivity contribution in [3.05, 3.63) is 35.9 Å². The summed E-state index contributed by atoms with van der Waals surface area (Å²) in [6, 6.07) is 5.58. The van der Waals surface area contributed by atoms with Crippen LogP contribution < -0.4 is 15.8 Å². The normalized spacial score (nSPS) is 20.0. The van der Waals surface area contributed by atoms with E-state index in [0.29, 0.717) is 17.3 Å². The molecular weight excluding hydrogens is 375 g/mol. The van der Waals surface area contributed by atoms with Crippen molar-refractivity contribution in [1.29, 1.82) is 0 Å². The zero-order chi connectivity index (χ0) is 20.3. The maximum Gasteiger partial charge on any atom is 0.573 e. The molecule has 1 aliphatic carbocycles. The first-order valence-electron chi connectivity index (χ1n) is 9.03. The summed E-state index contributed by atoms with van der Waals surface area (Å²) in [7, 11) is 1.53. The second-order valence-electron chi connectivity index (χ2n) is 6.80. The van der Waals surface area contributed by atoms with Gasteiger partial charge < -0.3 is 15.8 Å². The van der Waals surface area contributed by atoms with Crippen LogP contribution >= 0.6 is 0 Å². The predicted octanol–water partition coefficient (Wildman–Crippen LogP) is 2.44. The number of carbonyl (C=O) groups excluding carboxylic acids is 1. The Morgan fingerprint density at radius 2 is 1.89 bits per heavy atom. The Hall–Kier alpha value is -2.62. The Morgan fingerprint density at radius 3 is 2.46 bits per heavy atom. The van der Waals surface area contributed by atoms with Crippen molar-refractivity contribution < 1.29 is 22.7 Å². The smallest absolute Gasteiger partial charge is 0.406 e. The highest BCUT2D eigenvalue weighted by Crippen LogP contribution is 2.33. The number of nitrogens with zero attached hydrogens (tertiary/aromatic N) is 3. The van der Waals surface area contributed by atoms with Crippen LogP contribution in [-0.2, 0) is 11.2 Å². The molecule has 2 aromatic rings. The third-order valence-corrected chi connectivity index (χ3v) is 4.73. The summed E-state index contributed by atoms with van der Waals surface area (Å²) >= 11 is 0. The van der Waals surface area contributed by atoms with E-state index in [2.05, 4.69) is 20.1 Å². The molecular formula is C18H22F3N5O2. The first-order valence-corrected chi connectivity index (χ1v) is 9.03. The largest absolute Gasteiger partial charge is 0.573 e. The summed E-state index contributed by atoms with van der Waals surface area (Å²) in [6.07, 6.45) is -1.32. The Bertz CT molecular complexity index is 812. The molecule has 28 heavy (non-hydrogen) atoms. The number of hydrogen-bond acceptors (Lipinski definition) is 5. The van der Waals surface area contributed by atoms with Crippen molar-refractivity contribution in [2.45, 2.75) is 50.4 Å². The van der Waals surface area contributed by atoms with E-state index in [-0.39, 0.29) is 30.0 Å². The van der Waals surface area contributed by atoms with Crippen molar-refractivity contribution >= 4 is 5.91 Å². The van der Waals surface area contributed by atoms with Crippen LogP contribution in [0.25, 0.3) is 5.69 Å². The maximum atomic E-state index is 12.4. The number of alkyl halides is 3. The molecule has 0 radical (unpaired) electrons. The summed E-state index contributed by atoms with van der Waals surface area (Å²) in [6.45, 7) is 0. The molecule has 1 heterocycles. The molecule has 0 bridgehead atoms. The lowest BCUT2D eigenvalue weighted by Crippen LogP contribution is -2.26. The Morgan fingerprint density at radius 1 is 1.25 bits per heavy atom. The fraction of sp³-hybridized carbons (Fsp3) is 0.500. The minimum absolute atomic E-state index is 0.0258. The van der Waals surface area contributed by atoms with Gasteiger partial charge in [0.2, 0.25) is 5.91 Å². The van der Waals surface area contributed by atoms with E-state index in [4.69, 9.17) is 5.73 Å². The summed E-state index contributed by atoms with van der Waals surface area (Å²) < 4.78 is 42.6. The molecule has 1 saturated carbocycles. The van der Waals surface area contributed by atoms with Gasteiger partial charge in [-0.05, 0) is 49.9 Å². The van der Waals surface area contributed by atoms with Crippen molar-refractivity contribution in [1.82, 2.24) is 20.1 Å². The summed E-state index contributed by atoms with van der Waals surface area (Å²) in [5.74, 6) is 0.641. The number of amides is 1. The highest BCUT2D eigenvalue weighted by molar-refractivity contribution is 5.77. The molecule has 1 aromatic carbocycles. The molecule has 3 N–H and O–H groups in total. The van der Waals surface area contributed by atoms with Gasteiger partial charge in [0, 0.05) is 19.0 Å². The molecule has 1 amide bonds. The highest BCUT2D eigenvalue weighted by atomic mass is 19.4. The molecule has 1 aromatic heterocycles. The van der Waals surface area contributed by atoms with Crippen LogP contribution in [0.15, 0.2) is 24.3 Å². The topological polar surface area (TPSA) is 95.1 Å². The molecule has 0 unspecified atom stereocenters. The summed E-state index contributed by atoms with van der Waals surface area (Å²) in [4.78, 5) is 16.2. The van der Waals surface area contributed by atoms with Gasteiger partial charge in [0.25, 0.3) is 0 Å². The molecule has 1 aliphatic rings. The monoisotopic (exact) mass is 397 g/mol. The minimum atomic E-state index is -4.75. The fourth-order valence-corrected chi connectivity index (χ4v) is 3.30. The summed E-state index contributed by atoms with van der Waals surface area (Å²) in [5, 5.41) is 6.95. The quantitative estimate of drug-likeness (QED) is 0.808. The van der Waals surface area contributed by atoms with Crippen LogP contribution in [-0.4, -0.2) is 40.1 Å². The van der Waals surface area contributed by atoms with Gasteiger partial charge in [-0.1, -0.05) is 0 Å². The number of ether oxygens (including phenoxy) is 1. The SMILES string of the molecule is CNC(=O)Cc1nc(C2CCC(N)CC2)n(-c2ccc(OC(F)(F)F)cc2)n1. The van der Waals surface area contributed by atoms with Gasteiger partial charge in [-0.15, -0.1) is 13.2 Å². The number of carbonyl (C=O) groups is 1. The number of benzene rings is 1. The number of nitrogens with one attached hydrogen (secondary N) is 1. The van der Waals surface area contributed by atoms with Crippen molar-refractivity contribution in [2.75, 3.05) is 7.05 Å². The van der Waals surface area contributed by atoms with Gasteiger partial charge in [0.05, 0.1) is 12.1 Å². The van der Waals surface area contributed by atoms with Crippen molar-refractivity contribution in [3.8, 4) is 11.4 Å². The van der Waals surface area contributed by atoms with Crippen LogP contribution in [0.1, 0.15) is 43.3 Å². The molecule has 7 nitrogen and oxygen atoms in total. The van der Waals surface area contributed by atoms with E-state index in [0.717, 1.165) is 25.7 Å². The van der Waals surface area contributed by atoms with Crippen LogP contribution in [0.3, 0.4) is 0 Å². The average molecular weight is 397 g/mol. The van der Waals surface area contributed by atoms with Gasteiger partial charge in [0.15, 0.2) is 5.82 Å². The van der Waals surface area contributed by atoms with E-state index in [9.17, 15) is 18.0 Å². The molecule has 0 spiro atoms.